The van der Waals surface area contributed by atoms with Gasteiger partial charge in [0.15, 0.2) is 0 Å². The van der Waals surface area contributed by atoms with E-state index in [4.69, 9.17) is 4.74 Å². The van der Waals surface area contributed by atoms with Crippen molar-refractivity contribution in [3.63, 3.8) is 0 Å². The van der Waals surface area contributed by atoms with E-state index >= 15 is 0 Å². The normalized spacial score (nSPS) is 26.5. The summed E-state index contributed by atoms with van der Waals surface area (Å²) in [5.74, 6) is 0.753. The van der Waals surface area contributed by atoms with Crippen molar-refractivity contribution in [3.05, 3.63) is 59.2 Å². The molecule has 2 aromatic carbocycles. The predicted molar refractivity (Wildman–Crippen MR) is 104 cm³/mol. The van der Waals surface area contributed by atoms with Gasteiger partial charge in [-0.05, 0) is 30.7 Å². The number of fused-ring (bicyclic) bond motifs is 1. The highest BCUT2D eigenvalue weighted by molar-refractivity contribution is 5.86. The van der Waals surface area contributed by atoms with Gasteiger partial charge in [-0.3, -0.25) is 4.79 Å². The van der Waals surface area contributed by atoms with Crippen molar-refractivity contribution < 1.29 is 19.7 Å². The Bertz CT molecular complexity index is 870. The van der Waals surface area contributed by atoms with Gasteiger partial charge in [0, 0.05) is 18.0 Å². The number of carbonyl (C=O) groups excluding carboxylic acids is 1. The number of ether oxygens (including phenoxy) is 1. The Labute approximate surface area is 163 Å². The molecule has 7 heteroatoms. The topological polar surface area (TPSA) is 94.1 Å². The van der Waals surface area contributed by atoms with Gasteiger partial charge in [-0.2, -0.15) is 0 Å². The van der Waals surface area contributed by atoms with Gasteiger partial charge in [-0.25, -0.2) is 10.9 Å². The molecule has 4 rings (SSSR count). The number of hydrogen-bond acceptors (Lipinski definition) is 6. The minimum Gasteiger partial charge on any atom is -0.508 e. The zero-order chi connectivity index (χ0) is 19.8. The number of phenols is 1. The molecule has 0 bridgehead atoms. The predicted octanol–water partition coefficient (Wildman–Crippen LogP) is 1.42. The van der Waals surface area contributed by atoms with Gasteiger partial charge < -0.3 is 19.8 Å². The zero-order valence-corrected chi connectivity index (χ0v) is 15.9. The number of nitrogens with zero attached hydrogens (tertiary/aromatic N) is 1. The lowest BCUT2D eigenvalue weighted by atomic mass is 9.83. The highest BCUT2D eigenvalue weighted by atomic mass is 16.5. The molecule has 0 aromatic heterocycles. The van der Waals surface area contributed by atoms with Gasteiger partial charge in [0.2, 0.25) is 5.91 Å². The van der Waals surface area contributed by atoms with Crippen LogP contribution >= 0.6 is 0 Å². The van der Waals surface area contributed by atoms with Crippen LogP contribution in [0.5, 0.6) is 11.5 Å². The average molecular weight is 383 g/mol. The van der Waals surface area contributed by atoms with Crippen LogP contribution < -0.4 is 15.6 Å². The van der Waals surface area contributed by atoms with Gasteiger partial charge in [-0.15, -0.1) is 0 Å². The first-order chi connectivity index (χ1) is 13.5. The fourth-order valence-electron chi connectivity index (χ4n) is 4.45. The van der Waals surface area contributed by atoms with Crippen molar-refractivity contribution in [1.29, 1.82) is 0 Å². The first-order valence-electron chi connectivity index (χ1n) is 9.41. The van der Waals surface area contributed by atoms with Crippen molar-refractivity contribution in [1.82, 2.24) is 15.8 Å². The zero-order valence-electron chi connectivity index (χ0n) is 15.9. The number of likely N-dealkylation sites (tertiary alicyclic amines) is 1. The second kappa shape index (κ2) is 7.43. The summed E-state index contributed by atoms with van der Waals surface area (Å²) in [5.41, 5.74) is 9.10. The number of phenolic OH excluding ortho intramolecular Hbond substituents is 1. The van der Waals surface area contributed by atoms with Gasteiger partial charge >= 0.3 is 0 Å². The Morgan fingerprint density at radius 3 is 2.50 bits per heavy atom. The number of carbonyl (C=O) groups is 1. The lowest BCUT2D eigenvalue weighted by Crippen LogP contribution is -2.42. The molecular weight excluding hydrogens is 358 g/mol. The van der Waals surface area contributed by atoms with Crippen molar-refractivity contribution in [3.8, 4) is 11.5 Å². The fourth-order valence-corrected chi connectivity index (χ4v) is 4.45. The van der Waals surface area contributed by atoms with Gasteiger partial charge in [0.05, 0.1) is 25.8 Å². The van der Waals surface area contributed by atoms with Crippen LogP contribution in [0.15, 0.2) is 42.5 Å². The van der Waals surface area contributed by atoms with Crippen LogP contribution in [0.4, 0.5) is 0 Å². The van der Waals surface area contributed by atoms with Crippen LogP contribution in [0.25, 0.3) is 0 Å². The molecule has 0 aliphatic carbocycles. The second-order valence-corrected chi connectivity index (χ2v) is 7.36. The van der Waals surface area contributed by atoms with E-state index in [1.165, 1.54) is 0 Å². The Hall–Kier alpha value is -2.61. The molecule has 4 N–H and O–H groups in total. The number of aliphatic hydroxyl groups is 1. The molecule has 7 nitrogen and oxygen atoms in total. The number of β-amino-alcohol motifs (C(OH)–C–C–N with tert-alkyl or cyclic N) is 1. The molecule has 2 aliphatic heterocycles. The monoisotopic (exact) mass is 383 g/mol. The van der Waals surface area contributed by atoms with E-state index in [9.17, 15) is 15.0 Å². The summed E-state index contributed by atoms with van der Waals surface area (Å²) in [7, 11) is 1.61. The van der Waals surface area contributed by atoms with Crippen LogP contribution in [0.1, 0.15) is 28.8 Å². The lowest BCUT2D eigenvalue weighted by Gasteiger charge is -2.31. The van der Waals surface area contributed by atoms with Crippen LogP contribution in [0, 0.1) is 12.8 Å². The number of rotatable bonds is 5. The van der Waals surface area contributed by atoms with E-state index in [0.717, 1.165) is 22.4 Å². The molecule has 0 spiro atoms. The van der Waals surface area contributed by atoms with Crippen molar-refractivity contribution in [2.24, 2.45) is 5.92 Å². The molecule has 28 heavy (non-hydrogen) atoms. The molecule has 1 amide bonds. The first-order valence-corrected chi connectivity index (χ1v) is 9.41. The van der Waals surface area contributed by atoms with Crippen LogP contribution in [-0.2, 0) is 4.79 Å². The van der Waals surface area contributed by atoms with Gasteiger partial charge in [0.25, 0.3) is 0 Å². The van der Waals surface area contributed by atoms with Crippen molar-refractivity contribution in [2.75, 3.05) is 20.3 Å². The third kappa shape index (κ3) is 3.01. The Morgan fingerprint density at radius 1 is 1.11 bits per heavy atom. The fraction of sp³-hybridized carbons (Fsp3) is 0.381. The maximum Gasteiger partial charge on any atom is 0.242 e. The van der Waals surface area contributed by atoms with E-state index in [1.54, 1.807) is 18.1 Å². The highest BCUT2D eigenvalue weighted by Gasteiger charge is 2.55. The Balaban J connectivity index is 1.77. The molecule has 4 atom stereocenters. The third-order valence-corrected chi connectivity index (χ3v) is 5.73. The molecule has 2 aliphatic rings. The molecule has 2 fully saturated rings. The van der Waals surface area contributed by atoms with Crippen LogP contribution in [0.3, 0.4) is 0 Å². The summed E-state index contributed by atoms with van der Waals surface area (Å²) >= 11 is 0. The molecule has 148 valence electrons. The van der Waals surface area contributed by atoms with Gasteiger partial charge in [-0.1, -0.05) is 29.8 Å². The largest absolute Gasteiger partial charge is 0.508 e. The van der Waals surface area contributed by atoms with Crippen molar-refractivity contribution in [2.45, 2.75) is 25.0 Å². The smallest absolute Gasteiger partial charge is 0.242 e. The first kappa shape index (κ1) is 18.7. The number of hydrogen-bond donors (Lipinski definition) is 4. The number of benzene rings is 2. The Kier molecular flexibility index (Phi) is 4.97. The van der Waals surface area contributed by atoms with Crippen LogP contribution in [0.2, 0.25) is 0 Å². The second-order valence-electron chi connectivity index (χ2n) is 7.36. The van der Waals surface area contributed by atoms with Gasteiger partial charge in [0.1, 0.15) is 17.5 Å². The number of aryl methyl sites for hydroxylation is 1. The molecule has 2 aromatic rings. The third-order valence-electron chi connectivity index (χ3n) is 5.73. The van der Waals surface area contributed by atoms with Crippen LogP contribution in [-0.4, -0.2) is 47.3 Å². The van der Waals surface area contributed by atoms with E-state index < -0.39 is 6.04 Å². The molecule has 2 heterocycles. The lowest BCUT2D eigenvalue weighted by molar-refractivity contribution is -0.131. The quantitative estimate of drug-likeness (QED) is 0.624. The molecule has 2 saturated heterocycles. The average Bonchev–Trinajstić information content (AvgIpc) is 3.24. The summed E-state index contributed by atoms with van der Waals surface area (Å²) < 4.78 is 5.25. The summed E-state index contributed by atoms with van der Waals surface area (Å²) in [5, 5.41) is 20.0. The number of methoxy groups -OCH3 is 1. The summed E-state index contributed by atoms with van der Waals surface area (Å²) in [6.45, 7) is 2.13. The maximum atomic E-state index is 13.0. The van der Waals surface area contributed by atoms with Crippen molar-refractivity contribution >= 4 is 5.91 Å². The summed E-state index contributed by atoms with van der Waals surface area (Å²) in [4.78, 5) is 14.8. The molecule has 4 unspecified atom stereocenters. The highest BCUT2D eigenvalue weighted by Crippen LogP contribution is 2.48. The molecule has 0 radical (unpaired) electrons. The van der Waals surface area contributed by atoms with E-state index in [0.29, 0.717) is 0 Å². The van der Waals surface area contributed by atoms with E-state index in [2.05, 4.69) is 10.9 Å². The SMILES string of the molecule is COc1ccc(C2C3C(NNC3c3cc(C)ccc3O)C(=O)N2CCO)cc1. The molecule has 0 saturated carbocycles. The number of aliphatic hydroxyl groups excluding tert-OH is 1. The maximum absolute atomic E-state index is 13.0. The number of amides is 1. The van der Waals surface area contributed by atoms with E-state index in [1.807, 2.05) is 43.3 Å². The standard InChI is InChI=1S/C21H25N3O4/c1-12-3-8-16(26)15(11-12)18-17-19(23-22-18)21(27)24(9-10-25)20(17)13-4-6-14(28-2)7-5-13/h3-8,11,17-20,22-23,25-26H,9-10H2,1-2H3. The minimum absolute atomic E-state index is 0.0537. The number of hydrazine groups is 1. The Morgan fingerprint density at radius 2 is 1.82 bits per heavy atom. The minimum atomic E-state index is -0.427. The summed E-state index contributed by atoms with van der Waals surface area (Å²) in [6.07, 6.45) is 0. The molecular formula is C21H25N3O4. The number of nitrogens with one attached hydrogen (secondary N) is 2. The summed E-state index contributed by atoms with van der Waals surface area (Å²) in [6, 6.07) is 12.2. The number of aromatic hydroxyl groups is 1. The van der Waals surface area contributed by atoms with E-state index in [-0.39, 0.29) is 42.8 Å².